The van der Waals surface area contributed by atoms with Crippen molar-refractivity contribution < 1.29 is 23.8 Å². The van der Waals surface area contributed by atoms with Crippen LogP contribution in [0.5, 0.6) is 23.1 Å². The van der Waals surface area contributed by atoms with Gasteiger partial charge in [-0.15, -0.1) is 0 Å². The maximum Gasteiger partial charge on any atom is 0.268 e. The molecular formula is C31H25N5O6. The SMILES string of the molecule is COc1cc2ncnc(Oc3ccc(NC(=O)c4cc5c(n(-c6ccccc6)c4=O)CCCC5=O)nc3)c2cc1OC. The highest BCUT2D eigenvalue weighted by molar-refractivity contribution is 6.06. The number of carbonyl (C=O) groups excluding carboxylic acids is 2. The number of ether oxygens (including phenoxy) is 3. The van der Waals surface area contributed by atoms with Gasteiger partial charge in [-0.3, -0.25) is 19.0 Å². The maximum atomic E-state index is 13.6. The van der Waals surface area contributed by atoms with E-state index in [2.05, 4.69) is 20.3 Å². The summed E-state index contributed by atoms with van der Waals surface area (Å²) in [6.07, 6.45) is 4.37. The van der Waals surface area contributed by atoms with Gasteiger partial charge in [0.2, 0.25) is 5.88 Å². The number of pyridine rings is 2. The lowest BCUT2D eigenvalue weighted by molar-refractivity contribution is 0.0971. The van der Waals surface area contributed by atoms with E-state index in [0.29, 0.717) is 64.4 Å². The number of methoxy groups -OCH3 is 2. The van der Waals surface area contributed by atoms with Crippen LogP contribution in [0.15, 0.2) is 78.0 Å². The Kier molecular flexibility index (Phi) is 7.05. The third kappa shape index (κ3) is 4.92. The number of amides is 1. The summed E-state index contributed by atoms with van der Waals surface area (Å²) in [7, 11) is 3.07. The normalized spacial score (nSPS) is 12.5. The summed E-state index contributed by atoms with van der Waals surface area (Å²) >= 11 is 0. The molecule has 0 radical (unpaired) electrons. The highest BCUT2D eigenvalue weighted by Gasteiger charge is 2.26. The number of nitrogens with one attached hydrogen (secondary N) is 1. The van der Waals surface area contributed by atoms with E-state index < -0.39 is 11.5 Å². The van der Waals surface area contributed by atoms with Crippen LogP contribution in [0.4, 0.5) is 5.82 Å². The lowest BCUT2D eigenvalue weighted by Crippen LogP contribution is -2.33. The van der Waals surface area contributed by atoms with E-state index in [-0.39, 0.29) is 23.0 Å². The Bertz CT molecular complexity index is 1890. The zero-order valence-electron chi connectivity index (χ0n) is 22.8. The molecule has 0 saturated heterocycles. The molecule has 0 atom stereocenters. The molecule has 3 heterocycles. The Morgan fingerprint density at radius 3 is 2.43 bits per heavy atom. The first-order valence-electron chi connectivity index (χ1n) is 13.2. The molecule has 3 aromatic heterocycles. The van der Waals surface area contributed by atoms with Crippen LogP contribution in [0.1, 0.15) is 39.3 Å². The van der Waals surface area contributed by atoms with E-state index in [4.69, 9.17) is 14.2 Å². The summed E-state index contributed by atoms with van der Waals surface area (Å²) in [6, 6.07) is 17.0. The van der Waals surface area contributed by atoms with Gasteiger partial charge in [0.05, 0.1) is 31.3 Å². The summed E-state index contributed by atoms with van der Waals surface area (Å²) in [5, 5.41) is 3.26. The minimum Gasteiger partial charge on any atom is -0.493 e. The molecular weight excluding hydrogens is 538 g/mol. The van der Waals surface area contributed by atoms with Crippen LogP contribution in [-0.2, 0) is 6.42 Å². The number of anilines is 1. The number of ketones is 1. The molecule has 42 heavy (non-hydrogen) atoms. The fraction of sp³-hybridized carbons (Fsp3) is 0.161. The van der Waals surface area contributed by atoms with Crippen LogP contribution in [-0.4, -0.2) is 45.4 Å². The average molecular weight is 564 g/mol. The number of aromatic nitrogens is 4. The topological polar surface area (TPSA) is 135 Å². The van der Waals surface area contributed by atoms with Crippen LogP contribution in [0.25, 0.3) is 16.6 Å². The Morgan fingerprint density at radius 2 is 1.69 bits per heavy atom. The monoisotopic (exact) mass is 563 g/mol. The van der Waals surface area contributed by atoms with Crippen LogP contribution in [0.3, 0.4) is 0 Å². The smallest absolute Gasteiger partial charge is 0.268 e. The number of hydrogen-bond donors (Lipinski definition) is 1. The average Bonchev–Trinajstić information content (AvgIpc) is 3.01. The predicted octanol–water partition coefficient (Wildman–Crippen LogP) is 4.76. The van der Waals surface area contributed by atoms with Crippen molar-refractivity contribution in [1.29, 1.82) is 0 Å². The predicted molar refractivity (Wildman–Crippen MR) is 154 cm³/mol. The summed E-state index contributed by atoms with van der Waals surface area (Å²) in [5.74, 6) is 1.08. The van der Waals surface area contributed by atoms with Crippen molar-refractivity contribution in [2.24, 2.45) is 0 Å². The Morgan fingerprint density at radius 1 is 0.905 bits per heavy atom. The van der Waals surface area contributed by atoms with Crippen molar-refractivity contribution in [3.05, 3.63) is 100 Å². The van der Waals surface area contributed by atoms with Gasteiger partial charge in [0.25, 0.3) is 11.5 Å². The zero-order chi connectivity index (χ0) is 29.2. The zero-order valence-corrected chi connectivity index (χ0v) is 22.8. The van der Waals surface area contributed by atoms with Gasteiger partial charge in [0.15, 0.2) is 17.3 Å². The van der Waals surface area contributed by atoms with Crippen molar-refractivity contribution in [3.63, 3.8) is 0 Å². The number of nitrogens with zero attached hydrogens (tertiary/aromatic N) is 4. The highest BCUT2D eigenvalue weighted by Crippen LogP contribution is 2.35. The molecule has 0 fully saturated rings. The quantitative estimate of drug-likeness (QED) is 0.297. The second kappa shape index (κ2) is 11.1. The van der Waals surface area contributed by atoms with Crippen LogP contribution in [0.2, 0.25) is 0 Å². The van der Waals surface area contributed by atoms with E-state index in [1.165, 1.54) is 30.3 Å². The van der Waals surface area contributed by atoms with Gasteiger partial charge in [-0.05, 0) is 49.2 Å². The summed E-state index contributed by atoms with van der Waals surface area (Å²) in [5.41, 5.74) is 1.54. The van der Waals surface area contributed by atoms with Crippen molar-refractivity contribution in [2.75, 3.05) is 19.5 Å². The number of Topliss-reactive ketones (excluding diaryl/α,β-unsaturated/α-hetero) is 1. The van der Waals surface area contributed by atoms with Crippen molar-refractivity contribution in [2.45, 2.75) is 19.3 Å². The third-order valence-corrected chi connectivity index (χ3v) is 6.98. The molecule has 11 nitrogen and oxygen atoms in total. The second-order valence-electron chi connectivity index (χ2n) is 9.51. The molecule has 5 aromatic rings. The molecule has 2 aromatic carbocycles. The lowest BCUT2D eigenvalue weighted by Gasteiger charge is -2.21. The number of para-hydroxylation sites is 1. The first-order valence-corrected chi connectivity index (χ1v) is 13.2. The first-order chi connectivity index (χ1) is 20.5. The van der Waals surface area contributed by atoms with Gasteiger partial charge in [-0.2, -0.15) is 0 Å². The number of carbonyl (C=O) groups is 2. The van der Waals surface area contributed by atoms with Crippen molar-refractivity contribution in [3.8, 4) is 28.8 Å². The van der Waals surface area contributed by atoms with E-state index in [0.717, 1.165) is 0 Å². The molecule has 11 heteroatoms. The Labute approximate surface area is 239 Å². The van der Waals surface area contributed by atoms with Gasteiger partial charge in [0.1, 0.15) is 23.5 Å². The molecule has 0 spiro atoms. The van der Waals surface area contributed by atoms with E-state index in [9.17, 15) is 14.4 Å². The molecule has 6 rings (SSSR count). The van der Waals surface area contributed by atoms with Gasteiger partial charge in [0, 0.05) is 29.4 Å². The third-order valence-electron chi connectivity index (χ3n) is 6.98. The summed E-state index contributed by atoms with van der Waals surface area (Å²) in [4.78, 5) is 52.4. The number of fused-ring (bicyclic) bond motifs is 2. The van der Waals surface area contributed by atoms with Gasteiger partial charge in [-0.1, -0.05) is 18.2 Å². The molecule has 1 N–H and O–H groups in total. The number of rotatable bonds is 7. The maximum absolute atomic E-state index is 13.6. The number of benzene rings is 2. The van der Waals surface area contributed by atoms with E-state index >= 15 is 0 Å². The second-order valence-corrected chi connectivity index (χ2v) is 9.51. The largest absolute Gasteiger partial charge is 0.493 e. The van der Waals surface area contributed by atoms with Crippen molar-refractivity contribution >= 4 is 28.4 Å². The van der Waals surface area contributed by atoms with Crippen molar-refractivity contribution in [1.82, 2.24) is 19.5 Å². The van der Waals surface area contributed by atoms with Gasteiger partial charge < -0.3 is 19.5 Å². The number of hydrogen-bond acceptors (Lipinski definition) is 9. The molecule has 0 unspecified atom stereocenters. The Balaban J connectivity index is 1.27. The van der Waals surface area contributed by atoms with Crippen LogP contribution >= 0.6 is 0 Å². The molecule has 0 saturated carbocycles. The molecule has 1 amide bonds. The summed E-state index contributed by atoms with van der Waals surface area (Å²) < 4.78 is 18.1. The van der Waals surface area contributed by atoms with Crippen LogP contribution < -0.4 is 25.1 Å². The molecule has 0 aliphatic heterocycles. The molecule has 210 valence electrons. The minimum absolute atomic E-state index is 0.0945. The Hall–Kier alpha value is -5.58. The first kappa shape index (κ1) is 26.6. The molecule has 0 bridgehead atoms. The van der Waals surface area contributed by atoms with E-state index in [1.54, 1.807) is 55.6 Å². The van der Waals surface area contributed by atoms with Crippen LogP contribution in [0, 0.1) is 0 Å². The fourth-order valence-electron chi connectivity index (χ4n) is 4.96. The molecule has 1 aliphatic rings. The molecule has 1 aliphatic carbocycles. The highest BCUT2D eigenvalue weighted by atomic mass is 16.5. The van der Waals surface area contributed by atoms with Gasteiger partial charge >= 0.3 is 0 Å². The minimum atomic E-state index is -0.671. The fourth-order valence-corrected chi connectivity index (χ4v) is 4.96. The van der Waals surface area contributed by atoms with Gasteiger partial charge in [-0.25, -0.2) is 15.0 Å². The summed E-state index contributed by atoms with van der Waals surface area (Å²) in [6.45, 7) is 0. The lowest BCUT2D eigenvalue weighted by atomic mass is 9.92. The standard InChI is InChI=1S/C31H25N5O6/c1-40-26-14-20-23(15-27(26)41-2)33-17-34-30(20)42-19-11-12-28(32-16-19)35-29(38)22-13-21-24(9-6-10-25(21)37)36(31(22)39)18-7-4-3-5-8-18/h3-5,7-8,11-17H,6,9-10H2,1-2H3,(H,32,35,38). The van der Waals surface area contributed by atoms with E-state index in [1.807, 2.05) is 6.07 Å².